The van der Waals surface area contributed by atoms with Crippen LogP contribution < -0.4 is 0 Å². The summed E-state index contributed by atoms with van der Waals surface area (Å²) >= 11 is 5.65. The van der Waals surface area contributed by atoms with E-state index in [0.29, 0.717) is 6.07 Å². The summed E-state index contributed by atoms with van der Waals surface area (Å²) in [7, 11) is -3.85. The molecule has 1 aromatic carbocycles. The zero-order valence-electron chi connectivity index (χ0n) is 12.1. The maximum Gasteiger partial charge on any atom is 0.409 e. The molecule has 0 aliphatic heterocycles. The molecule has 0 saturated carbocycles. The fourth-order valence-corrected chi connectivity index (χ4v) is 3.52. The summed E-state index contributed by atoms with van der Waals surface area (Å²) in [5, 5.41) is 0.208. The molecule has 1 heterocycles. The van der Waals surface area contributed by atoms with Crippen molar-refractivity contribution in [2.45, 2.75) is 17.1 Å². The average molecular weight is 383 g/mol. The molecular weight excluding hydrogens is 372 g/mol. The highest BCUT2D eigenvalue weighted by molar-refractivity contribution is 7.89. The van der Waals surface area contributed by atoms with Crippen LogP contribution in [0.5, 0.6) is 0 Å². The number of hydrogen-bond donors (Lipinski definition) is 0. The Kier molecular flexibility index (Phi) is 5.17. The molecule has 24 heavy (non-hydrogen) atoms. The van der Waals surface area contributed by atoms with Crippen molar-refractivity contribution < 1.29 is 26.0 Å². The van der Waals surface area contributed by atoms with Crippen molar-refractivity contribution in [3.05, 3.63) is 59.1 Å². The lowest BCUT2D eigenvalue weighted by Crippen LogP contribution is -2.39. The molecule has 0 bridgehead atoms. The summed E-state index contributed by atoms with van der Waals surface area (Å²) in [5.41, 5.74) is -0.317. The first-order valence-corrected chi connectivity index (χ1v) is 8.26. The number of pyridine rings is 1. The average Bonchev–Trinajstić information content (AvgIpc) is 2.48. The van der Waals surface area contributed by atoms with E-state index in [1.54, 1.807) is 0 Å². The van der Waals surface area contributed by atoms with E-state index in [9.17, 15) is 26.0 Å². The van der Waals surface area contributed by atoms with Gasteiger partial charge in [-0.25, -0.2) is 12.8 Å². The second-order valence-corrected chi connectivity index (χ2v) is 7.29. The van der Waals surface area contributed by atoms with E-state index in [-0.39, 0.29) is 14.9 Å². The number of hydrogen-bond acceptors (Lipinski definition) is 3. The Labute approximate surface area is 140 Å². The van der Waals surface area contributed by atoms with Gasteiger partial charge in [0, 0.05) is 18.3 Å². The molecular formula is C14H11ClF4N2O2S. The van der Waals surface area contributed by atoms with Crippen molar-refractivity contribution >= 4 is 21.6 Å². The minimum Gasteiger partial charge on any atom is -0.260 e. The van der Waals surface area contributed by atoms with E-state index in [1.807, 2.05) is 0 Å². The quantitative estimate of drug-likeness (QED) is 0.756. The Morgan fingerprint density at radius 1 is 1.17 bits per heavy atom. The van der Waals surface area contributed by atoms with Crippen molar-refractivity contribution in [3.8, 4) is 0 Å². The highest BCUT2D eigenvalue weighted by Crippen LogP contribution is 2.39. The molecule has 1 aromatic heterocycles. The number of rotatable bonds is 4. The predicted octanol–water partition coefficient (Wildman–Crippen LogP) is 3.80. The van der Waals surface area contributed by atoms with Gasteiger partial charge in [-0.1, -0.05) is 23.7 Å². The molecule has 130 valence electrons. The monoisotopic (exact) mass is 382 g/mol. The van der Waals surface area contributed by atoms with Crippen LogP contribution in [0.2, 0.25) is 5.02 Å². The number of alkyl halides is 3. The third-order valence-corrected chi connectivity index (χ3v) is 5.26. The maximum atomic E-state index is 13.5. The molecule has 0 aliphatic carbocycles. The smallest absolute Gasteiger partial charge is 0.260 e. The van der Waals surface area contributed by atoms with Gasteiger partial charge < -0.3 is 0 Å². The van der Waals surface area contributed by atoms with E-state index >= 15 is 0 Å². The molecule has 10 heteroatoms. The lowest BCUT2D eigenvalue weighted by molar-refractivity contribution is -0.171. The first-order chi connectivity index (χ1) is 11.0. The van der Waals surface area contributed by atoms with Gasteiger partial charge in [-0.05, 0) is 23.8 Å². The molecule has 1 atom stereocenters. The van der Waals surface area contributed by atoms with Crippen molar-refractivity contribution in [3.63, 3.8) is 0 Å². The lowest BCUT2D eigenvalue weighted by Gasteiger charge is -2.29. The largest absolute Gasteiger partial charge is 0.409 e. The summed E-state index contributed by atoms with van der Waals surface area (Å²) in [6, 6.07) is 2.75. The Balaban J connectivity index is 2.52. The molecule has 2 rings (SSSR count). The van der Waals surface area contributed by atoms with E-state index in [2.05, 4.69) is 4.98 Å². The lowest BCUT2D eigenvalue weighted by atomic mass is 10.1. The molecule has 0 radical (unpaired) electrons. The van der Waals surface area contributed by atoms with Gasteiger partial charge in [0.2, 0.25) is 10.0 Å². The third-order valence-electron chi connectivity index (χ3n) is 3.22. The highest BCUT2D eigenvalue weighted by Gasteiger charge is 2.47. The fraction of sp³-hybridized carbons (Fsp3) is 0.214. The second-order valence-electron chi connectivity index (χ2n) is 4.86. The Hall–Kier alpha value is -1.71. The van der Waals surface area contributed by atoms with Gasteiger partial charge in [0.25, 0.3) is 0 Å². The number of aromatic nitrogens is 1. The summed E-state index contributed by atoms with van der Waals surface area (Å²) in [6.07, 6.45) is -3.36. The fourth-order valence-electron chi connectivity index (χ4n) is 2.09. The van der Waals surface area contributed by atoms with Gasteiger partial charge in [0.05, 0.1) is 6.20 Å². The van der Waals surface area contributed by atoms with Crippen LogP contribution in [-0.2, 0) is 10.0 Å². The Morgan fingerprint density at radius 3 is 2.25 bits per heavy atom. The first-order valence-electron chi connectivity index (χ1n) is 6.44. The molecule has 0 spiro atoms. The van der Waals surface area contributed by atoms with Gasteiger partial charge in [-0.3, -0.25) is 4.98 Å². The van der Waals surface area contributed by atoms with Crippen LogP contribution in [0.4, 0.5) is 17.6 Å². The number of benzene rings is 1. The van der Waals surface area contributed by atoms with E-state index < -0.39 is 33.0 Å². The van der Waals surface area contributed by atoms with Crippen LogP contribution in [0.25, 0.3) is 0 Å². The third kappa shape index (κ3) is 3.85. The summed E-state index contributed by atoms with van der Waals surface area (Å²) in [6.45, 7) is 0. The minimum absolute atomic E-state index is 0.132. The summed E-state index contributed by atoms with van der Waals surface area (Å²) in [5.74, 6) is -0.973. The molecule has 4 nitrogen and oxygen atoms in total. The second kappa shape index (κ2) is 6.66. The molecule has 2 aromatic rings. The highest BCUT2D eigenvalue weighted by atomic mass is 35.5. The molecule has 0 N–H and O–H groups in total. The van der Waals surface area contributed by atoms with Crippen molar-refractivity contribution in [1.29, 1.82) is 0 Å². The molecule has 0 fully saturated rings. The number of sulfonamides is 1. The van der Waals surface area contributed by atoms with Gasteiger partial charge in [-0.2, -0.15) is 17.5 Å². The van der Waals surface area contributed by atoms with Crippen LogP contribution >= 0.6 is 11.6 Å². The Bertz CT molecular complexity index is 825. The Morgan fingerprint density at radius 2 is 1.75 bits per heavy atom. The topological polar surface area (TPSA) is 50.3 Å². The molecule has 0 unspecified atom stereocenters. The zero-order chi connectivity index (χ0) is 18.1. The maximum absolute atomic E-state index is 13.5. The summed E-state index contributed by atoms with van der Waals surface area (Å²) < 4.78 is 78.5. The van der Waals surface area contributed by atoms with Gasteiger partial charge >= 0.3 is 6.18 Å². The normalized spacial score (nSPS) is 14.0. The molecule has 0 aliphatic rings. The SMILES string of the molecule is CN([C@H](c1ccc(Cl)cc1)C(F)(F)F)S(=O)(=O)c1cncc(F)c1. The van der Waals surface area contributed by atoms with Crippen LogP contribution in [0.1, 0.15) is 11.6 Å². The van der Waals surface area contributed by atoms with E-state index in [1.165, 1.54) is 12.1 Å². The van der Waals surface area contributed by atoms with Crippen LogP contribution in [0.3, 0.4) is 0 Å². The zero-order valence-corrected chi connectivity index (χ0v) is 13.7. The van der Waals surface area contributed by atoms with E-state index in [4.69, 9.17) is 11.6 Å². The summed E-state index contributed by atoms with van der Waals surface area (Å²) in [4.78, 5) is 2.69. The number of nitrogens with zero attached hydrogens (tertiary/aromatic N) is 2. The van der Waals surface area contributed by atoms with Crippen molar-refractivity contribution in [1.82, 2.24) is 9.29 Å². The molecule has 0 saturated heterocycles. The first kappa shape index (κ1) is 18.6. The molecule has 0 amide bonds. The van der Waals surface area contributed by atoms with E-state index in [0.717, 1.165) is 31.6 Å². The van der Waals surface area contributed by atoms with Crippen molar-refractivity contribution in [2.75, 3.05) is 7.05 Å². The minimum atomic E-state index is -4.89. The van der Waals surface area contributed by atoms with Gasteiger partial charge in [-0.15, -0.1) is 0 Å². The standard InChI is InChI=1S/C14H11ClF4N2O2S/c1-21(24(22,23)12-6-11(16)7-20-8-12)13(14(17,18)19)9-2-4-10(15)5-3-9/h2-8,13H,1H3/t13-/m1/s1. The van der Waals surface area contributed by atoms with Crippen LogP contribution in [-0.4, -0.2) is 30.9 Å². The van der Waals surface area contributed by atoms with Crippen LogP contribution in [0, 0.1) is 5.82 Å². The predicted molar refractivity (Wildman–Crippen MR) is 79.4 cm³/mol. The number of halogens is 5. The van der Waals surface area contributed by atoms with Gasteiger partial charge in [0.15, 0.2) is 0 Å². The van der Waals surface area contributed by atoms with Crippen LogP contribution in [0.15, 0.2) is 47.6 Å². The van der Waals surface area contributed by atoms with Gasteiger partial charge in [0.1, 0.15) is 16.8 Å². The van der Waals surface area contributed by atoms with Crippen molar-refractivity contribution in [2.24, 2.45) is 0 Å².